The van der Waals surface area contributed by atoms with Gasteiger partial charge >= 0.3 is 6.03 Å². The molecular weight excluding hydrogens is 439 g/mol. The number of carbonyl (C=O) groups is 1. The Bertz CT molecular complexity index is 1390. The Balaban J connectivity index is 1.41. The van der Waals surface area contributed by atoms with Crippen LogP contribution in [0.5, 0.6) is 11.6 Å². The van der Waals surface area contributed by atoms with E-state index in [0.717, 1.165) is 11.3 Å². The molecule has 0 bridgehead atoms. The third kappa shape index (κ3) is 4.01. The van der Waals surface area contributed by atoms with E-state index >= 15 is 4.39 Å². The normalized spacial score (nSPS) is 15.9. The Morgan fingerprint density at radius 2 is 2.12 bits per heavy atom. The molecule has 1 aliphatic heterocycles. The van der Waals surface area contributed by atoms with Crippen LogP contribution in [0.25, 0.3) is 10.9 Å². The van der Waals surface area contributed by atoms with E-state index in [9.17, 15) is 4.79 Å². The molecule has 34 heavy (non-hydrogen) atoms. The van der Waals surface area contributed by atoms with Gasteiger partial charge in [-0.1, -0.05) is 25.9 Å². The lowest BCUT2D eigenvalue weighted by molar-refractivity contribution is 0.254. The molecule has 1 atom stereocenters. The van der Waals surface area contributed by atoms with Crippen molar-refractivity contribution in [3.63, 3.8) is 0 Å². The minimum absolute atomic E-state index is 0.0315. The van der Waals surface area contributed by atoms with Crippen LogP contribution in [0, 0.1) is 5.82 Å². The van der Waals surface area contributed by atoms with E-state index in [1.807, 2.05) is 20.8 Å². The summed E-state index contributed by atoms with van der Waals surface area (Å²) in [4.78, 5) is 21.3. The summed E-state index contributed by atoms with van der Waals surface area (Å²) in [6, 6.07) is 6.09. The highest BCUT2D eigenvalue weighted by atomic mass is 19.1. The molecule has 5 rings (SSSR count). The number of ether oxygens (including phenoxy) is 1. The average Bonchev–Trinajstić information content (AvgIpc) is 3.43. The molecule has 0 aliphatic carbocycles. The summed E-state index contributed by atoms with van der Waals surface area (Å²) in [5.74, 6) is 0.730. The van der Waals surface area contributed by atoms with Crippen molar-refractivity contribution in [3.8, 4) is 11.6 Å². The van der Waals surface area contributed by atoms with Crippen molar-refractivity contribution in [2.24, 2.45) is 0 Å². The van der Waals surface area contributed by atoms with Crippen LogP contribution in [0.1, 0.15) is 44.7 Å². The highest BCUT2D eigenvalue weighted by Crippen LogP contribution is 2.33. The van der Waals surface area contributed by atoms with Gasteiger partial charge in [0.05, 0.1) is 11.2 Å². The predicted molar refractivity (Wildman–Crippen MR) is 124 cm³/mol. The van der Waals surface area contributed by atoms with Gasteiger partial charge in [-0.15, -0.1) is 0 Å². The number of hydrogen-bond acceptors (Lipinski definition) is 7. The standard InChI is InChI=1S/C24H25FN6O3/c1-13-9-15-16(11-26-13)27-12-28-22(15)33-18-6-5-17-14(21(18)25)7-8-31(17)23(32)29-20-10-19(34-30-20)24(2,3)4/h5-8,10,12-13,26H,9,11H2,1-4H3,(H,29,30,32)/t13-/m1/s1. The Morgan fingerprint density at radius 1 is 1.29 bits per heavy atom. The number of halogens is 1. The maximum atomic E-state index is 15.3. The monoisotopic (exact) mass is 464 g/mol. The zero-order valence-corrected chi connectivity index (χ0v) is 19.3. The van der Waals surface area contributed by atoms with Crippen molar-refractivity contribution in [2.45, 2.75) is 52.1 Å². The fraction of sp³-hybridized carbons (Fsp3) is 0.333. The number of hydrogen-bond donors (Lipinski definition) is 2. The van der Waals surface area contributed by atoms with Crippen LogP contribution in [0.3, 0.4) is 0 Å². The van der Waals surface area contributed by atoms with Gasteiger partial charge in [0.1, 0.15) is 12.1 Å². The number of benzene rings is 1. The zero-order chi connectivity index (χ0) is 24.0. The van der Waals surface area contributed by atoms with Crippen molar-refractivity contribution in [3.05, 3.63) is 59.6 Å². The van der Waals surface area contributed by atoms with Gasteiger partial charge in [0, 0.05) is 41.2 Å². The molecule has 3 aromatic heterocycles. The van der Waals surface area contributed by atoms with Crippen molar-refractivity contribution >= 4 is 22.8 Å². The van der Waals surface area contributed by atoms with Crippen molar-refractivity contribution in [1.29, 1.82) is 0 Å². The second-order valence-electron chi connectivity index (χ2n) is 9.44. The van der Waals surface area contributed by atoms with Crippen molar-refractivity contribution < 1.29 is 18.4 Å². The number of anilines is 1. The molecular formula is C24H25FN6O3. The molecule has 2 N–H and O–H groups in total. The molecule has 10 heteroatoms. The first-order valence-electron chi connectivity index (χ1n) is 11.0. The quantitative estimate of drug-likeness (QED) is 0.450. The van der Waals surface area contributed by atoms with E-state index in [2.05, 4.69) is 32.7 Å². The smallest absolute Gasteiger partial charge is 0.331 e. The van der Waals surface area contributed by atoms with Crippen molar-refractivity contribution in [2.75, 3.05) is 5.32 Å². The maximum Gasteiger partial charge on any atom is 0.331 e. The van der Waals surface area contributed by atoms with Crippen LogP contribution in [0.2, 0.25) is 0 Å². The summed E-state index contributed by atoms with van der Waals surface area (Å²) in [6.45, 7) is 8.61. The number of amides is 1. The molecule has 0 fully saturated rings. The third-order valence-electron chi connectivity index (χ3n) is 5.80. The molecule has 4 heterocycles. The first-order chi connectivity index (χ1) is 16.2. The number of rotatable bonds is 3. The zero-order valence-electron chi connectivity index (χ0n) is 19.3. The van der Waals surface area contributed by atoms with Crippen LogP contribution in [-0.4, -0.2) is 31.8 Å². The van der Waals surface area contributed by atoms with E-state index in [-0.39, 0.29) is 28.4 Å². The Kier molecular flexibility index (Phi) is 5.32. The molecule has 1 amide bonds. The van der Waals surface area contributed by atoms with Gasteiger partial charge in [-0.25, -0.2) is 19.2 Å². The summed E-state index contributed by atoms with van der Waals surface area (Å²) < 4.78 is 27.8. The van der Waals surface area contributed by atoms with E-state index in [4.69, 9.17) is 9.26 Å². The molecule has 0 radical (unpaired) electrons. The molecule has 0 saturated carbocycles. The highest BCUT2D eigenvalue weighted by molar-refractivity contribution is 5.98. The van der Waals surface area contributed by atoms with Gasteiger partial charge in [-0.2, -0.15) is 0 Å². The second-order valence-corrected chi connectivity index (χ2v) is 9.44. The first kappa shape index (κ1) is 22.0. The Hall–Kier alpha value is -3.79. The fourth-order valence-electron chi connectivity index (χ4n) is 3.90. The lowest BCUT2D eigenvalue weighted by Crippen LogP contribution is -2.33. The van der Waals surface area contributed by atoms with Gasteiger partial charge in [0.2, 0.25) is 5.88 Å². The number of aromatic nitrogens is 4. The second kappa shape index (κ2) is 8.21. The van der Waals surface area contributed by atoms with E-state index < -0.39 is 11.8 Å². The summed E-state index contributed by atoms with van der Waals surface area (Å²) in [7, 11) is 0. The summed E-state index contributed by atoms with van der Waals surface area (Å²) >= 11 is 0. The lowest BCUT2D eigenvalue weighted by atomic mass is 9.93. The molecule has 1 aliphatic rings. The van der Waals surface area contributed by atoms with Gasteiger partial charge in [0.25, 0.3) is 0 Å². The Morgan fingerprint density at radius 3 is 2.88 bits per heavy atom. The van der Waals surface area contributed by atoms with E-state index in [1.165, 1.54) is 29.2 Å². The number of fused-ring (bicyclic) bond motifs is 2. The molecule has 9 nitrogen and oxygen atoms in total. The third-order valence-corrected chi connectivity index (χ3v) is 5.80. The van der Waals surface area contributed by atoms with Crippen LogP contribution in [-0.2, 0) is 18.4 Å². The topological polar surface area (TPSA) is 107 Å². The predicted octanol–water partition coefficient (Wildman–Crippen LogP) is 4.76. The van der Waals surface area contributed by atoms with Crippen LogP contribution in [0.15, 0.2) is 41.3 Å². The van der Waals surface area contributed by atoms with Crippen molar-refractivity contribution in [1.82, 2.24) is 25.0 Å². The van der Waals surface area contributed by atoms with Gasteiger partial charge < -0.3 is 14.6 Å². The molecule has 4 aromatic rings. The molecule has 0 saturated heterocycles. The van der Waals surface area contributed by atoms with Crippen LogP contribution in [0.4, 0.5) is 15.0 Å². The molecule has 0 spiro atoms. The molecule has 176 valence electrons. The van der Waals surface area contributed by atoms with Gasteiger partial charge in [0.15, 0.2) is 17.4 Å². The maximum absolute atomic E-state index is 15.3. The molecule has 0 unspecified atom stereocenters. The highest BCUT2D eigenvalue weighted by Gasteiger charge is 2.24. The van der Waals surface area contributed by atoms with Gasteiger partial charge in [-0.3, -0.25) is 9.88 Å². The van der Waals surface area contributed by atoms with E-state index in [0.29, 0.717) is 30.1 Å². The minimum atomic E-state index is -0.574. The lowest BCUT2D eigenvalue weighted by Gasteiger charge is -2.23. The Labute approximate surface area is 195 Å². The van der Waals surface area contributed by atoms with E-state index in [1.54, 1.807) is 12.1 Å². The van der Waals surface area contributed by atoms with Crippen LogP contribution >= 0.6 is 0 Å². The average molecular weight is 465 g/mol. The summed E-state index contributed by atoms with van der Waals surface area (Å²) in [6.07, 6.45) is 3.60. The SMILES string of the molecule is C[C@@H]1Cc2c(ncnc2Oc2ccc3c(ccn3C(=O)Nc3cc(C(C)(C)C)on3)c2F)CN1. The van der Waals surface area contributed by atoms with Gasteiger partial charge in [-0.05, 0) is 31.5 Å². The summed E-state index contributed by atoms with van der Waals surface area (Å²) in [5, 5.41) is 10.2. The number of nitrogens with zero attached hydrogens (tertiary/aromatic N) is 4. The van der Waals surface area contributed by atoms with Crippen LogP contribution < -0.4 is 15.4 Å². The first-order valence-corrected chi connectivity index (χ1v) is 11.0. The molecule has 1 aromatic carbocycles. The number of carbonyl (C=O) groups excluding carboxylic acids is 1. The largest absolute Gasteiger partial charge is 0.436 e. The minimum Gasteiger partial charge on any atom is -0.436 e. The fourth-order valence-corrected chi connectivity index (χ4v) is 3.90. The number of nitrogens with one attached hydrogen (secondary N) is 2. The summed E-state index contributed by atoms with van der Waals surface area (Å²) in [5.41, 5.74) is 1.86.